The second-order valence-electron chi connectivity index (χ2n) is 5.22. The lowest BCUT2D eigenvalue weighted by molar-refractivity contribution is -0.384. The Labute approximate surface area is 128 Å². The molecule has 0 aliphatic rings. The molecule has 2 rings (SSSR count). The highest BCUT2D eigenvalue weighted by Crippen LogP contribution is 2.20. The highest BCUT2D eigenvalue weighted by atomic mass is 16.6. The largest absolute Gasteiger partial charge is 0.485 e. The van der Waals surface area contributed by atoms with Gasteiger partial charge in [0.2, 0.25) is 0 Å². The molecule has 2 aromatic rings. The van der Waals surface area contributed by atoms with Gasteiger partial charge in [-0.3, -0.25) is 14.9 Å². The quantitative estimate of drug-likeness (QED) is 0.478. The molecule has 5 heteroatoms. The van der Waals surface area contributed by atoms with Crippen molar-refractivity contribution in [1.29, 1.82) is 0 Å². The lowest BCUT2D eigenvalue weighted by Crippen LogP contribution is -2.13. The molecule has 0 radical (unpaired) electrons. The molecule has 0 unspecified atom stereocenters. The van der Waals surface area contributed by atoms with Gasteiger partial charge in [-0.1, -0.05) is 12.1 Å². The molecular weight excluding hydrogens is 282 g/mol. The van der Waals surface area contributed by atoms with Gasteiger partial charge in [0.05, 0.1) is 11.0 Å². The molecule has 0 bridgehead atoms. The lowest BCUT2D eigenvalue weighted by atomic mass is 9.98. The average Bonchev–Trinajstić information content (AvgIpc) is 2.48. The van der Waals surface area contributed by atoms with E-state index in [1.165, 1.54) is 18.2 Å². The molecule has 22 heavy (non-hydrogen) atoms. The molecule has 0 N–H and O–H groups in total. The molecule has 0 amide bonds. The minimum atomic E-state index is -0.498. The zero-order valence-corrected chi connectivity index (χ0v) is 12.8. The second-order valence-corrected chi connectivity index (χ2v) is 5.22. The van der Waals surface area contributed by atoms with Gasteiger partial charge in [-0.2, -0.15) is 0 Å². The molecule has 0 heterocycles. The van der Waals surface area contributed by atoms with Crippen molar-refractivity contribution in [2.45, 2.75) is 20.8 Å². The fraction of sp³-hybridized carbons (Fsp3) is 0.235. The number of carbonyl (C=O) groups excluding carboxylic acids is 1. The molecule has 2 aromatic carbocycles. The van der Waals surface area contributed by atoms with Crippen LogP contribution in [0.2, 0.25) is 0 Å². The summed E-state index contributed by atoms with van der Waals surface area (Å²) < 4.78 is 5.38. The third kappa shape index (κ3) is 3.49. The number of nitrogens with zero attached hydrogens (tertiary/aromatic N) is 1. The van der Waals surface area contributed by atoms with E-state index in [1.54, 1.807) is 6.07 Å². The third-order valence-corrected chi connectivity index (χ3v) is 3.54. The lowest BCUT2D eigenvalue weighted by Gasteiger charge is -2.10. The fourth-order valence-corrected chi connectivity index (χ4v) is 2.17. The summed E-state index contributed by atoms with van der Waals surface area (Å²) >= 11 is 0. The molecule has 0 aliphatic carbocycles. The maximum atomic E-state index is 12.3. The number of ether oxygens (including phenoxy) is 1. The smallest absolute Gasteiger partial charge is 0.273 e. The van der Waals surface area contributed by atoms with Crippen LogP contribution in [0.5, 0.6) is 5.75 Å². The molecule has 5 nitrogen and oxygen atoms in total. The Morgan fingerprint density at radius 1 is 1.09 bits per heavy atom. The van der Waals surface area contributed by atoms with Gasteiger partial charge in [0.25, 0.3) is 5.69 Å². The minimum Gasteiger partial charge on any atom is -0.485 e. The molecule has 0 atom stereocenters. The van der Waals surface area contributed by atoms with Crippen LogP contribution in [0.25, 0.3) is 0 Å². The average molecular weight is 299 g/mol. The van der Waals surface area contributed by atoms with Gasteiger partial charge in [0.15, 0.2) is 12.4 Å². The van der Waals surface area contributed by atoms with Crippen molar-refractivity contribution in [3.05, 3.63) is 68.8 Å². The zero-order chi connectivity index (χ0) is 16.3. The highest BCUT2D eigenvalue weighted by molar-refractivity contribution is 5.98. The Morgan fingerprint density at radius 3 is 2.45 bits per heavy atom. The zero-order valence-electron chi connectivity index (χ0n) is 12.8. The number of nitro benzene ring substituents is 1. The standard InChI is InChI=1S/C17H17NO4/c1-11-7-13(3)16(8-12(11)2)17(19)10-22-15-6-4-5-14(9-15)18(20)21/h4-9H,10H2,1-3H3. The van der Waals surface area contributed by atoms with E-state index in [2.05, 4.69) is 0 Å². The van der Waals surface area contributed by atoms with Crippen molar-refractivity contribution >= 4 is 11.5 Å². The number of nitro groups is 1. The van der Waals surface area contributed by atoms with Crippen LogP contribution in [0.4, 0.5) is 5.69 Å². The van der Waals surface area contributed by atoms with Crippen LogP contribution in [0.15, 0.2) is 36.4 Å². The monoisotopic (exact) mass is 299 g/mol. The number of carbonyl (C=O) groups is 1. The van der Waals surface area contributed by atoms with Crippen molar-refractivity contribution in [2.75, 3.05) is 6.61 Å². The molecular formula is C17H17NO4. The number of hydrogen-bond donors (Lipinski definition) is 0. The first-order valence-corrected chi connectivity index (χ1v) is 6.87. The number of aryl methyl sites for hydroxylation is 3. The molecule has 0 saturated carbocycles. The summed E-state index contributed by atoms with van der Waals surface area (Å²) in [6, 6.07) is 9.62. The van der Waals surface area contributed by atoms with E-state index in [1.807, 2.05) is 32.9 Å². The number of Topliss-reactive ketones (excluding diaryl/α,β-unsaturated/α-hetero) is 1. The van der Waals surface area contributed by atoms with Gasteiger partial charge in [0.1, 0.15) is 5.75 Å². The predicted octanol–water partition coefficient (Wildman–Crippen LogP) is 3.78. The van der Waals surface area contributed by atoms with Crippen molar-refractivity contribution in [2.24, 2.45) is 0 Å². The number of non-ortho nitro benzene ring substituents is 1. The maximum Gasteiger partial charge on any atom is 0.273 e. The summed E-state index contributed by atoms with van der Waals surface area (Å²) in [6.45, 7) is 5.68. The Bertz CT molecular complexity index is 737. The number of benzene rings is 2. The van der Waals surface area contributed by atoms with Crippen LogP contribution in [0.3, 0.4) is 0 Å². The van der Waals surface area contributed by atoms with Crippen molar-refractivity contribution in [3.63, 3.8) is 0 Å². The first-order valence-electron chi connectivity index (χ1n) is 6.87. The molecule has 0 aliphatic heterocycles. The fourth-order valence-electron chi connectivity index (χ4n) is 2.17. The summed E-state index contributed by atoms with van der Waals surface area (Å²) in [5, 5.41) is 10.7. The van der Waals surface area contributed by atoms with E-state index in [0.717, 1.165) is 16.7 Å². The van der Waals surface area contributed by atoms with Gasteiger partial charge in [0, 0.05) is 11.6 Å². The van der Waals surface area contributed by atoms with Gasteiger partial charge < -0.3 is 4.74 Å². The second kappa shape index (κ2) is 6.39. The van der Waals surface area contributed by atoms with Gasteiger partial charge in [-0.25, -0.2) is 0 Å². The van der Waals surface area contributed by atoms with Crippen LogP contribution < -0.4 is 4.74 Å². The Hall–Kier alpha value is -2.69. The van der Waals surface area contributed by atoms with Gasteiger partial charge in [-0.15, -0.1) is 0 Å². The van der Waals surface area contributed by atoms with E-state index in [4.69, 9.17) is 4.74 Å². The molecule has 0 saturated heterocycles. The van der Waals surface area contributed by atoms with Crippen molar-refractivity contribution < 1.29 is 14.5 Å². The number of hydrogen-bond acceptors (Lipinski definition) is 4. The summed E-state index contributed by atoms with van der Waals surface area (Å²) in [4.78, 5) is 22.5. The van der Waals surface area contributed by atoms with Gasteiger partial charge in [-0.05, 0) is 49.6 Å². The predicted molar refractivity (Wildman–Crippen MR) is 83.6 cm³/mol. The van der Waals surface area contributed by atoms with Crippen molar-refractivity contribution in [1.82, 2.24) is 0 Å². The normalized spacial score (nSPS) is 10.3. The van der Waals surface area contributed by atoms with E-state index in [0.29, 0.717) is 11.3 Å². The highest BCUT2D eigenvalue weighted by Gasteiger charge is 2.13. The van der Waals surface area contributed by atoms with E-state index in [9.17, 15) is 14.9 Å². The first-order chi connectivity index (χ1) is 10.4. The topological polar surface area (TPSA) is 69.4 Å². The minimum absolute atomic E-state index is 0.0627. The molecule has 0 aromatic heterocycles. The Morgan fingerprint density at radius 2 is 1.77 bits per heavy atom. The van der Waals surface area contributed by atoms with Crippen LogP contribution in [-0.4, -0.2) is 17.3 Å². The number of rotatable bonds is 5. The third-order valence-electron chi connectivity index (χ3n) is 3.54. The summed E-state index contributed by atoms with van der Waals surface area (Å²) in [5.41, 5.74) is 3.63. The van der Waals surface area contributed by atoms with Gasteiger partial charge >= 0.3 is 0 Å². The maximum absolute atomic E-state index is 12.3. The van der Waals surface area contributed by atoms with Crippen LogP contribution in [0.1, 0.15) is 27.0 Å². The van der Waals surface area contributed by atoms with Crippen LogP contribution in [-0.2, 0) is 0 Å². The number of ketones is 1. The van der Waals surface area contributed by atoms with E-state index in [-0.39, 0.29) is 18.1 Å². The molecule has 114 valence electrons. The Kier molecular flexibility index (Phi) is 4.56. The van der Waals surface area contributed by atoms with E-state index >= 15 is 0 Å². The summed E-state index contributed by atoms with van der Waals surface area (Å²) in [7, 11) is 0. The van der Waals surface area contributed by atoms with Crippen LogP contribution in [0, 0.1) is 30.9 Å². The SMILES string of the molecule is Cc1cc(C)c(C(=O)COc2cccc([N+](=O)[O-])c2)cc1C. The first kappa shape index (κ1) is 15.7. The molecule has 0 spiro atoms. The molecule has 0 fully saturated rings. The van der Waals surface area contributed by atoms with Crippen LogP contribution >= 0.6 is 0 Å². The summed E-state index contributed by atoms with van der Waals surface area (Å²) in [5.74, 6) is 0.163. The van der Waals surface area contributed by atoms with Crippen molar-refractivity contribution in [3.8, 4) is 5.75 Å². The Balaban J connectivity index is 2.12. The van der Waals surface area contributed by atoms with E-state index < -0.39 is 4.92 Å². The summed E-state index contributed by atoms with van der Waals surface area (Å²) in [6.07, 6.45) is 0.